The van der Waals surface area contributed by atoms with Crippen molar-refractivity contribution in [2.24, 2.45) is 0 Å². The van der Waals surface area contributed by atoms with Gasteiger partial charge < -0.3 is 9.32 Å². The average Bonchev–Trinajstić information content (AvgIpc) is 3.70. The summed E-state index contributed by atoms with van der Waals surface area (Å²) in [6.45, 7) is 0. The second-order valence-electron chi connectivity index (χ2n) is 12.8. The Morgan fingerprint density at radius 1 is 0.429 bits per heavy atom. The molecule has 1 aromatic heterocycles. The van der Waals surface area contributed by atoms with E-state index in [1.807, 2.05) is 12.1 Å². The van der Waals surface area contributed by atoms with Gasteiger partial charge in [-0.05, 0) is 75.0 Å². The van der Waals surface area contributed by atoms with Gasteiger partial charge in [-0.15, -0.1) is 0 Å². The number of para-hydroxylation sites is 2. The second kappa shape index (κ2) is 10.8. The zero-order valence-corrected chi connectivity index (χ0v) is 26.8. The highest BCUT2D eigenvalue weighted by Gasteiger charge is 2.48. The van der Waals surface area contributed by atoms with Gasteiger partial charge in [0, 0.05) is 33.8 Å². The minimum atomic E-state index is -0.533. The Kier molecular flexibility index (Phi) is 6.13. The average molecular weight is 626 g/mol. The molecule has 10 rings (SSSR count). The summed E-state index contributed by atoms with van der Waals surface area (Å²) in [4.78, 5) is 2.42. The van der Waals surface area contributed by atoms with Crippen molar-refractivity contribution in [1.82, 2.24) is 0 Å². The molecule has 0 bridgehead atoms. The molecular weight excluding hydrogens is 595 g/mol. The topological polar surface area (TPSA) is 16.4 Å². The fraction of sp³-hybridized carbons (Fsp3) is 0.0213. The molecule has 0 fully saturated rings. The summed E-state index contributed by atoms with van der Waals surface area (Å²) in [5.41, 5.74) is 12.1. The van der Waals surface area contributed by atoms with Gasteiger partial charge in [0.15, 0.2) is 0 Å². The molecule has 0 spiro atoms. The fourth-order valence-electron chi connectivity index (χ4n) is 8.33. The van der Waals surface area contributed by atoms with E-state index >= 15 is 0 Å². The van der Waals surface area contributed by atoms with Crippen molar-refractivity contribution in [3.8, 4) is 11.1 Å². The first kappa shape index (κ1) is 27.7. The van der Waals surface area contributed by atoms with Gasteiger partial charge in [-0.2, -0.15) is 0 Å². The maximum atomic E-state index is 6.46. The van der Waals surface area contributed by atoms with Crippen LogP contribution in [0.25, 0.3) is 43.8 Å². The predicted molar refractivity (Wildman–Crippen MR) is 203 cm³/mol. The number of rotatable bonds is 5. The van der Waals surface area contributed by atoms with Crippen LogP contribution in [0.1, 0.15) is 22.3 Å². The predicted octanol–water partition coefficient (Wildman–Crippen LogP) is 12.6. The van der Waals surface area contributed by atoms with Crippen LogP contribution >= 0.6 is 0 Å². The van der Waals surface area contributed by atoms with Gasteiger partial charge in [-0.1, -0.05) is 146 Å². The first-order valence-electron chi connectivity index (χ1n) is 16.9. The summed E-state index contributed by atoms with van der Waals surface area (Å²) < 4.78 is 6.46. The maximum absolute atomic E-state index is 6.46. The third-order valence-electron chi connectivity index (χ3n) is 10.3. The Labute approximate surface area is 285 Å². The molecule has 1 aliphatic carbocycles. The van der Waals surface area contributed by atoms with Crippen LogP contribution in [-0.2, 0) is 5.41 Å². The summed E-state index contributed by atoms with van der Waals surface area (Å²) in [5.74, 6) is 0. The van der Waals surface area contributed by atoms with Gasteiger partial charge >= 0.3 is 0 Å². The van der Waals surface area contributed by atoms with Crippen LogP contribution in [0.15, 0.2) is 192 Å². The zero-order chi connectivity index (χ0) is 32.4. The number of hydrogen-bond acceptors (Lipinski definition) is 2. The smallest absolute Gasteiger partial charge is 0.137 e. The Hall–Kier alpha value is -6.38. The summed E-state index contributed by atoms with van der Waals surface area (Å²) in [6, 6.07) is 68.1. The number of benzene rings is 8. The van der Waals surface area contributed by atoms with Crippen molar-refractivity contribution in [2.45, 2.75) is 5.41 Å². The molecule has 0 amide bonds. The van der Waals surface area contributed by atoms with E-state index in [4.69, 9.17) is 4.42 Å². The zero-order valence-electron chi connectivity index (χ0n) is 26.8. The standard InChI is InChI=1S/C47H31NO/c1-4-17-33(18-5-1)47(34-19-6-2-7-20-34)41-26-14-12-25-40(41)45-42(30-32-16-10-11-23-37(32)46(45)47)48(35-21-8-3-9-22-35)36-28-29-39-38-24-13-15-27-43(38)49-44(39)31-36/h1-31H. The third kappa shape index (κ3) is 4.01. The molecule has 0 atom stereocenters. The molecule has 8 aromatic carbocycles. The monoisotopic (exact) mass is 625 g/mol. The number of hydrogen-bond donors (Lipinski definition) is 0. The first-order valence-corrected chi connectivity index (χ1v) is 16.9. The van der Waals surface area contributed by atoms with Gasteiger partial charge in [0.05, 0.1) is 11.1 Å². The van der Waals surface area contributed by atoms with E-state index in [2.05, 4.69) is 181 Å². The lowest BCUT2D eigenvalue weighted by Gasteiger charge is -2.35. The SMILES string of the molecule is c1ccc(N(c2ccc3c(c2)oc2ccccc23)c2cc3ccccc3c3c2-c2ccccc2C3(c2ccccc2)c2ccccc2)cc1. The molecule has 230 valence electrons. The number of nitrogens with zero attached hydrogens (tertiary/aromatic N) is 1. The molecule has 0 aliphatic heterocycles. The lowest BCUT2D eigenvalue weighted by atomic mass is 9.66. The van der Waals surface area contributed by atoms with E-state index in [0.29, 0.717) is 0 Å². The number of anilines is 3. The van der Waals surface area contributed by atoms with Crippen LogP contribution in [-0.4, -0.2) is 0 Å². The Balaban J connectivity index is 1.36. The molecule has 0 saturated carbocycles. The first-order chi connectivity index (χ1) is 24.3. The van der Waals surface area contributed by atoms with Crippen molar-refractivity contribution in [3.05, 3.63) is 210 Å². The van der Waals surface area contributed by atoms with E-state index < -0.39 is 5.41 Å². The lowest BCUT2D eigenvalue weighted by Crippen LogP contribution is -2.29. The summed E-state index contributed by atoms with van der Waals surface area (Å²) in [7, 11) is 0. The maximum Gasteiger partial charge on any atom is 0.137 e. The molecule has 9 aromatic rings. The van der Waals surface area contributed by atoms with Gasteiger partial charge in [0.2, 0.25) is 0 Å². The molecule has 2 heteroatoms. The van der Waals surface area contributed by atoms with E-state index in [1.54, 1.807) is 0 Å². The minimum Gasteiger partial charge on any atom is -0.456 e. The van der Waals surface area contributed by atoms with Crippen LogP contribution in [0.3, 0.4) is 0 Å². The van der Waals surface area contributed by atoms with Crippen molar-refractivity contribution in [1.29, 1.82) is 0 Å². The van der Waals surface area contributed by atoms with E-state index in [1.165, 1.54) is 44.2 Å². The molecular formula is C47H31NO. The Morgan fingerprint density at radius 2 is 1.02 bits per heavy atom. The van der Waals surface area contributed by atoms with Gasteiger partial charge in [0.25, 0.3) is 0 Å². The third-order valence-corrected chi connectivity index (χ3v) is 10.3. The number of fused-ring (bicyclic) bond motifs is 8. The summed E-state index contributed by atoms with van der Waals surface area (Å²) in [6.07, 6.45) is 0. The lowest BCUT2D eigenvalue weighted by molar-refractivity contribution is 0.669. The minimum absolute atomic E-state index is 0.533. The quantitative estimate of drug-likeness (QED) is 0.189. The normalized spacial score (nSPS) is 13.1. The summed E-state index contributed by atoms with van der Waals surface area (Å²) in [5, 5.41) is 4.71. The van der Waals surface area contributed by atoms with Gasteiger partial charge in [0.1, 0.15) is 11.2 Å². The van der Waals surface area contributed by atoms with Crippen LogP contribution in [0.5, 0.6) is 0 Å². The van der Waals surface area contributed by atoms with Crippen LogP contribution in [0.2, 0.25) is 0 Å². The van der Waals surface area contributed by atoms with Gasteiger partial charge in [-0.25, -0.2) is 0 Å². The molecule has 49 heavy (non-hydrogen) atoms. The highest BCUT2D eigenvalue weighted by atomic mass is 16.3. The molecule has 0 N–H and O–H groups in total. The van der Waals surface area contributed by atoms with Crippen LogP contribution in [0.4, 0.5) is 17.1 Å². The molecule has 2 nitrogen and oxygen atoms in total. The van der Waals surface area contributed by atoms with Gasteiger partial charge in [-0.3, -0.25) is 0 Å². The van der Waals surface area contributed by atoms with E-state index in [-0.39, 0.29) is 0 Å². The molecule has 1 aliphatic rings. The van der Waals surface area contributed by atoms with E-state index in [0.717, 1.165) is 39.0 Å². The fourth-order valence-corrected chi connectivity index (χ4v) is 8.33. The molecule has 0 radical (unpaired) electrons. The highest BCUT2D eigenvalue weighted by molar-refractivity contribution is 6.09. The van der Waals surface area contributed by atoms with Crippen LogP contribution < -0.4 is 4.90 Å². The van der Waals surface area contributed by atoms with Crippen molar-refractivity contribution >= 4 is 49.8 Å². The Bertz CT molecular complexity index is 2620. The van der Waals surface area contributed by atoms with E-state index in [9.17, 15) is 0 Å². The largest absolute Gasteiger partial charge is 0.456 e. The summed E-state index contributed by atoms with van der Waals surface area (Å²) >= 11 is 0. The molecule has 0 unspecified atom stereocenters. The van der Waals surface area contributed by atoms with Crippen LogP contribution in [0, 0.1) is 0 Å². The Morgan fingerprint density at radius 3 is 1.78 bits per heavy atom. The second-order valence-corrected chi connectivity index (χ2v) is 12.8. The molecule has 0 saturated heterocycles. The number of furan rings is 1. The van der Waals surface area contributed by atoms with Crippen molar-refractivity contribution in [3.63, 3.8) is 0 Å². The van der Waals surface area contributed by atoms with Crippen molar-refractivity contribution in [2.75, 3.05) is 4.90 Å². The molecule has 1 heterocycles. The van der Waals surface area contributed by atoms with Crippen molar-refractivity contribution < 1.29 is 4.42 Å². The highest BCUT2D eigenvalue weighted by Crippen LogP contribution is 2.61.